The van der Waals surface area contributed by atoms with Gasteiger partial charge in [0.15, 0.2) is 0 Å². The van der Waals surface area contributed by atoms with Crippen LogP contribution < -0.4 is 0 Å². The first kappa shape index (κ1) is 25.8. The molecule has 0 unspecified atom stereocenters. The maximum absolute atomic E-state index is 2.50. The summed E-state index contributed by atoms with van der Waals surface area (Å²) < 4.78 is 0. The highest BCUT2D eigenvalue weighted by Crippen LogP contribution is 2.40. The van der Waals surface area contributed by atoms with Gasteiger partial charge in [0.2, 0.25) is 0 Å². The van der Waals surface area contributed by atoms with E-state index < -0.39 is 0 Å². The van der Waals surface area contributed by atoms with E-state index in [1.54, 1.807) is 11.1 Å². The van der Waals surface area contributed by atoms with Crippen LogP contribution in [-0.4, -0.2) is 0 Å². The monoisotopic (exact) mass is 526 g/mol. The molecule has 0 nitrogen and oxygen atoms in total. The lowest BCUT2D eigenvalue weighted by molar-refractivity contribution is 0.719. The van der Waals surface area contributed by atoms with Gasteiger partial charge in [0.05, 0.1) is 0 Å². The smallest absolute Gasteiger partial charge is 0.0349 e. The van der Waals surface area contributed by atoms with E-state index in [1.807, 2.05) is 11.3 Å². The Balaban J connectivity index is 1.46. The number of rotatable bonds is 10. The third-order valence-corrected chi connectivity index (χ3v) is 9.42. The third kappa shape index (κ3) is 5.25. The number of unbranched alkanes of at least 4 members (excludes halogenated alkanes) is 4. The predicted molar refractivity (Wildman–Crippen MR) is 174 cm³/mol. The summed E-state index contributed by atoms with van der Waals surface area (Å²) in [5, 5.41) is 8.46. The van der Waals surface area contributed by atoms with Gasteiger partial charge in [0.1, 0.15) is 0 Å². The molecule has 196 valence electrons. The van der Waals surface area contributed by atoms with Crippen molar-refractivity contribution < 1.29 is 0 Å². The van der Waals surface area contributed by atoms with E-state index in [2.05, 4.69) is 111 Å². The van der Waals surface area contributed by atoms with Crippen LogP contribution in [0.2, 0.25) is 0 Å². The van der Waals surface area contributed by atoms with Gasteiger partial charge in [-0.1, -0.05) is 112 Å². The second kappa shape index (κ2) is 11.8. The first-order valence-electron chi connectivity index (χ1n) is 14.8. The molecule has 0 radical (unpaired) electrons. The van der Waals surface area contributed by atoms with Crippen LogP contribution in [0.4, 0.5) is 0 Å². The van der Waals surface area contributed by atoms with Crippen molar-refractivity contribution in [2.75, 3.05) is 0 Å². The highest BCUT2D eigenvalue weighted by Gasteiger charge is 2.15. The van der Waals surface area contributed by atoms with Gasteiger partial charge in [0.25, 0.3) is 0 Å². The fourth-order valence-electron chi connectivity index (χ4n) is 6.14. The number of fused-ring (bicyclic) bond motifs is 3. The Morgan fingerprint density at radius 2 is 1.00 bits per heavy atom. The molecule has 0 bridgehead atoms. The molecule has 0 spiro atoms. The molecule has 6 aromatic rings. The van der Waals surface area contributed by atoms with E-state index in [0.29, 0.717) is 0 Å². The number of thiophene rings is 1. The molecule has 6 rings (SSSR count). The van der Waals surface area contributed by atoms with Crippen LogP contribution in [0.1, 0.15) is 63.5 Å². The molecule has 0 saturated carbocycles. The highest BCUT2D eigenvalue weighted by atomic mass is 32.1. The zero-order chi connectivity index (χ0) is 26.6. The lowest BCUT2D eigenvalue weighted by Crippen LogP contribution is -1.97. The van der Waals surface area contributed by atoms with E-state index in [9.17, 15) is 0 Å². The molecule has 1 aromatic heterocycles. The molecule has 39 heavy (non-hydrogen) atoms. The standard InChI is InChI=1S/C38H38S/c1-3-5-7-15-33-31-17-11-12-18-32(31)34(16-8-6-4-2)36-26-30(21-22-35(33)36)38-24-23-37(39-38)29-20-19-27-13-9-10-14-28(27)25-29/h9-14,17-26H,3-8,15-16H2,1-2H3. The second-order valence-corrected chi connectivity index (χ2v) is 12.0. The van der Waals surface area contributed by atoms with Gasteiger partial charge in [0, 0.05) is 9.75 Å². The quantitative estimate of drug-likeness (QED) is 0.123. The average Bonchev–Trinajstić information content (AvgIpc) is 3.48. The summed E-state index contributed by atoms with van der Waals surface area (Å²) in [6.45, 7) is 4.60. The van der Waals surface area contributed by atoms with Crippen molar-refractivity contribution in [1.29, 1.82) is 0 Å². The minimum absolute atomic E-state index is 1.15. The van der Waals surface area contributed by atoms with E-state index >= 15 is 0 Å². The van der Waals surface area contributed by atoms with E-state index in [1.165, 1.54) is 91.7 Å². The lowest BCUT2D eigenvalue weighted by Gasteiger charge is -2.18. The van der Waals surface area contributed by atoms with Gasteiger partial charge in [-0.05, 0) is 105 Å². The Labute approximate surface area is 237 Å². The van der Waals surface area contributed by atoms with Crippen LogP contribution in [0.3, 0.4) is 0 Å². The highest BCUT2D eigenvalue weighted by molar-refractivity contribution is 7.18. The van der Waals surface area contributed by atoms with Gasteiger partial charge >= 0.3 is 0 Å². The van der Waals surface area contributed by atoms with Crippen molar-refractivity contribution in [2.45, 2.75) is 65.2 Å². The molecule has 0 saturated heterocycles. The minimum atomic E-state index is 1.15. The third-order valence-electron chi connectivity index (χ3n) is 8.23. The molecule has 1 heterocycles. The van der Waals surface area contributed by atoms with Crippen molar-refractivity contribution in [1.82, 2.24) is 0 Å². The molecule has 0 aliphatic heterocycles. The number of aryl methyl sites for hydroxylation is 2. The lowest BCUT2D eigenvalue weighted by atomic mass is 9.86. The largest absolute Gasteiger partial charge is 0.135 e. The molecule has 0 aliphatic carbocycles. The van der Waals surface area contributed by atoms with Gasteiger partial charge in [-0.3, -0.25) is 0 Å². The molecular weight excluding hydrogens is 488 g/mol. The van der Waals surface area contributed by atoms with Crippen molar-refractivity contribution in [3.05, 3.63) is 108 Å². The van der Waals surface area contributed by atoms with Crippen LogP contribution in [0, 0.1) is 0 Å². The topological polar surface area (TPSA) is 0 Å². The Kier molecular flexibility index (Phi) is 7.79. The second-order valence-electron chi connectivity index (χ2n) is 10.9. The van der Waals surface area contributed by atoms with Crippen LogP contribution in [0.25, 0.3) is 53.2 Å². The molecule has 0 fully saturated rings. The van der Waals surface area contributed by atoms with Gasteiger partial charge in [-0.15, -0.1) is 11.3 Å². The number of benzene rings is 5. The predicted octanol–water partition coefficient (Wildman–Crippen LogP) is 12.0. The van der Waals surface area contributed by atoms with Gasteiger partial charge < -0.3 is 0 Å². The van der Waals surface area contributed by atoms with Crippen LogP contribution in [-0.2, 0) is 12.8 Å². The Bertz CT molecular complexity index is 1740. The summed E-state index contributed by atoms with van der Waals surface area (Å²) in [6.07, 6.45) is 9.90. The zero-order valence-corrected chi connectivity index (χ0v) is 24.1. The molecule has 0 amide bonds. The summed E-state index contributed by atoms with van der Waals surface area (Å²) in [5.74, 6) is 0. The van der Waals surface area contributed by atoms with Crippen LogP contribution in [0.5, 0.6) is 0 Å². The normalized spacial score (nSPS) is 11.6. The summed E-state index contributed by atoms with van der Waals surface area (Å²) in [6, 6.07) is 36.6. The Morgan fingerprint density at radius 1 is 0.462 bits per heavy atom. The van der Waals surface area contributed by atoms with E-state index in [-0.39, 0.29) is 0 Å². The molecule has 0 atom stereocenters. The minimum Gasteiger partial charge on any atom is -0.135 e. The maximum Gasteiger partial charge on any atom is 0.0349 e. The molecule has 1 heteroatoms. The average molecular weight is 527 g/mol. The first-order chi connectivity index (χ1) is 19.3. The van der Waals surface area contributed by atoms with Crippen LogP contribution in [0.15, 0.2) is 97.1 Å². The Morgan fingerprint density at radius 3 is 1.67 bits per heavy atom. The Hall–Kier alpha value is -3.42. The number of hydrogen-bond acceptors (Lipinski definition) is 1. The van der Waals surface area contributed by atoms with E-state index in [4.69, 9.17) is 0 Å². The van der Waals surface area contributed by atoms with Crippen molar-refractivity contribution in [2.24, 2.45) is 0 Å². The first-order valence-corrected chi connectivity index (χ1v) is 15.6. The maximum atomic E-state index is 2.50. The number of hydrogen-bond donors (Lipinski definition) is 0. The summed E-state index contributed by atoms with van der Waals surface area (Å²) in [7, 11) is 0. The SMILES string of the molecule is CCCCCc1c2ccccc2c(CCCCC)c2cc(-c3ccc(-c4ccc5ccccc5c4)s3)ccc12. The summed E-state index contributed by atoms with van der Waals surface area (Å²) in [4.78, 5) is 2.68. The van der Waals surface area contributed by atoms with Gasteiger partial charge in [-0.2, -0.15) is 0 Å². The van der Waals surface area contributed by atoms with Crippen LogP contribution >= 0.6 is 11.3 Å². The van der Waals surface area contributed by atoms with Crippen molar-refractivity contribution in [3.8, 4) is 20.9 Å². The van der Waals surface area contributed by atoms with E-state index in [0.717, 1.165) is 12.8 Å². The molecule has 0 N–H and O–H groups in total. The van der Waals surface area contributed by atoms with Crippen molar-refractivity contribution >= 4 is 43.7 Å². The molecular formula is C38H38S. The fourth-order valence-corrected chi connectivity index (χ4v) is 7.14. The zero-order valence-electron chi connectivity index (χ0n) is 23.3. The fraction of sp³-hybridized carbons (Fsp3) is 0.263. The molecule has 5 aromatic carbocycles. The van der Waals surface area contributed by atoms with Gasteiger partial charge in [-0.25, -0.2) is 0 Å². The summed E-state index contributed by atoms with van der Waals surface area (Å²) >= 11 is 1.91. The van der Waals surface area contributed by atoms with Crippen molar-refractivity contribution in [3.63, 3.8) is 0 Å². The molecule has 0 aliphatic rings. The summed E-state index contributed by atoms with van der Waals surface area (Å²) in [5.41, 5.74) is 5.73.